The number of rotatable bonds is 7. The van der Waals surface area contributed by atoms with Crippen LogP contribution in [0.2, 0.25) is 0 Å². The van der Waals surface area contributed by atoms with E-state index in [-0.39, 0.29) is 18.3 Å². The van der Waals surface area contributed by atoms with Crippen molar-refractivity contribution in [1.29, 1.82) is 5.26 Å². The molecule has 0 saturated heterocycles. The molecule has 0 bridgehead atoms. The molecule has 2 aromatic rings. The van der Waals surface area contributed by atoms with E-state index in [1.165, 1.54) is 19.2 Å². The normalized spacial score (nSPS) is 9.88. The SMILES string of the molecule is COc1cc(C#N)ccc1OCC(=O)NCCc1ccccc1F. The van der Waals surface area contributed by atoms with Gasteiger partial charge in [-0.3, -0.25) is 4.79 Å². The number of carbonyl (C=O) groups excluding carboxylic acids is 1. The van der Waals surface area contributed by atoms with Gasteiger partial charge in [-0.25, -0.2) is 4.39 Å². The van der Waals surface area contributed by atoms with E-state index < -0.39 is 0 Å². The van der Waals surface area contributed by atoms with Crippen LogP contribution >= 0.6 is 0 Å². The maximum Gasteiger partial charge on any atom is 0.257 e. The van der Waals surface area contributed by atoms with Gasteiger partial charge in [-0.05, 0) is 30.2 Å². The van der Waals surface area contributed by atoms with Crippen molar-refractivity contribution in [1.82, 2.24) is 5.32 Å². The van der Waals surface area contributed by atoms with Crippen molar-refractivity contribution < 1.29 is 18.7 Å². The molecule has 0 atom stereocenters. The molecule has 0 radical (unpaired) electrons. The highest BCUT2D eigenvalue weighted by atomic mass is 19.1. The average molecular weight is 328 g/mol. The van der Waals surface area contributed by atoms with Crippen molar-refractivity contribution in [3.05, 3.63) is 59.4 Å². The van der Waals surface area contributed by atoms with Crippen LogP contribution in [0.3, 0.4) is 0 Å². The highest BCUT2D eigenvalue weighted by Crippen LogP contribution is 2.27. The Morgan fingerprint density at radius 1 is 1.25 bits per heavy atom. The molecule has 0 aliphatic heterocycles. The van der Waals surface area contributed by atoms with Gasteiger partial charge in [0.2, 0.25) is 0 Å². The van der Waals surface area contributed by atoms with Gasteiger partial charge >= 0.3 is 0 Å². The number of ether oxygens (including phenoxy) is 2. The molecule has 0 aliphatic carbocycles. The topological polar surface area (TPSA) is 71.3 Å². The van der Waals surface area contributed by atoms with E-state index in [9.17, 15) is 9.18 Å². The molecular weight excluding hydrogens is 311 g/mol. The van der Waals surface area contributed by atoms with E-state index in [1.807, 2.05) is 6.07 Å². The molecule has 0 fully saturated rings. The Morgan fingerprint density at radius 2 is 2.04 bits per heavy atom. The van der Waals surface area contributed by atoms with E-state index in [1.54, 1.807) is 30.3 Å². The molecule has 0 unspecified atom stereocenters. The van der Waals surface area contributed by atoms with Crippen LogP contribution in [-0.4, -0.2) is 26.2 Å². The molecule has 0 aromatic heterocycles. The summed E-state index contributed by atoms with van der Waals surface area (Å²) in [5.74, 6) is 0.150. The van der Waals surface area contributed by atoms with Crippen molar-refractivity contribution in [2.24, 2.45) is 0 Å². The Labute approximate surface area is 139 Å². The predicted octanol–water partition coefficient (Wildman–Crippen LogP) is 2.44. The maximum atomic E-state index is 13.5. The molecule has 0 spiro atoms. The van der Waals surface area contributed by atoms with Gasteiger partial charge in [0.25, 0.3) is 5.91 Å². The van der Waals surface area contributed by atoms with Gasteiger partial charge in [-0.15, -0.1) is 0 Å². The molecule has 124 valence electrons. The zero-order valence-corrected chi connectivity index (χ0v) is 13.2. The zero-order chi connectivity index (χ0) is 17.4. The van der Waals surface area contributed by atoms with Crippen LogP contribution in [0, 0.1) is 17.1 Å². The number of hydrogen-bond donors (Lipinski definition) is 1. The number of methoxy groups -OCH3 is 1. The number of amides is 1. The quantitative estimate of drug-likeness (QED) is 0.847. The Balaban J connectivity index is 1.81. The molecular formula is C18H17FN2O3. The van der Waals surface area contributed by atoms with Crippen molar-refractivity contribution in [3.8, 4) is 17.6 Å². The average Bonchev–Trinajstić information content (AvgIpc) is 2.61. The Bertz CT molecular complexity index is 756. The molecule has 24 heavy (non-hydrogen) atoms. The number of nitrogens with zero attached hydrogens (tertiary/aromatic N) is 1. The Morgan fingerprint density at radius 3 is 2.75 bits per heavy atom. The highest BCUT2D eigenvalue weighted by Gasteiger charge is 2.09. The summed E-state index contributed by atoms with van der Waals surface area (Å²) in [6.07, 6.45) is 0.401. The van der Waals surface area contributed by atoms with E-state index in [0.29, 0.717) is 35.6 Å². The third kappa shape index (κ3) is 4.71. The second kappa shape index (κ2) is 8.53. The number of carbonyl (C=O) groups is 1. The number of hydrogen-bond acceptors (Lipinski definition) is 4. The standard InChI is InChI=1S/C18H17FN2O3/c1-23-17-10-13(11-20)6-7-16(17)24-12-18(22)21-9-8-14-4-2-3-5-15(14)19/h2-7,10H,8-9,12H2,1H3,(H,21,22). The summed E-state index contributed by atoms with van der Waals surface area (Å²) in [5.41, 5.74) is 0.987. The van der Waals surface area contributed by atoms with E-state index in [4.69, 9.17) is 14.7 Å². The minimum atomic E-state index is -0.322. The highest BCUT2D eigenvalue weighted by molar-refractivity contribution is 5.77. The smallest absolute Gasteiger partial charge is 0.257 e. The summed E-state index contributed by atoms with van der Waals surface area (Å²) in [6.45, 7) is 0.118. The first-order valence-corrected chi connectivity index (χ1v) is 7.35. The van der Waals surface area contributed by atoms with Crippen molar-refractivity contribution in [3.63, 3.8) is 0 Å². The Kier molecular flexibility index (Phi) is 6.15. The van der Waals surface area contributed by atoms with Crippen LogP contribution in [0.4, 0.5) is 4.39 Å². The number of nitrogens with one attached hydrogen (secondary N) is 1. The van der Waals surface area contributed by atoms with E-state index >= 15 is 0 Å². The van der Waals surface area contributed by atoms with E-state index in [0.717, 1.165) is 0 Å². The molecule has 1 amide bonds. The third-order valence-electron chi connectivity index (χ3n) is 3.33. The van der Waals surface area contributed by atoms with Gasteiger partial charge < -0.3 is 14.8 Å². The van der Waals surface area contributed by atoms with Crippen LogP contribution in [-0.2, 0) is 11.2 Å². The van der Waals surface area contributed by atoms with Gasteiger partial charge in [0, 0.05) is 12.6 Å². The molecule has 5 nitrogen and oxygen atoms in total. The third-order valence-corrected chi connectivity index (χ3v) is 3.33. The summed E-state index contributed by atoms with van der Waals surface area (Å²) in [5, 5.41) is 11.5. The number of benzene rings is 2. The Hall–Kier alpha value is -3.07. The number of nitriles is 1. The van der Waals surface area contributed by atoms with Crippen LogP contribution in [0.15, 0.2) is 42.5 Å². The second-order valence-electron chi connectivity index (χ2n) is 4.96. The molecule has 0 saturated carbocycles. The van der Waals surface area contributed by atoms with Crippen LogP contribution in [0.1, 0.15) is 11.1 Å². The van der Waals surface area contributed by atoms with Gasteiger partial charge in [0.1, 0.15) is 5.82 Å². The maximum absolute atomic E-state index is 13.5. The molecule has 6 heteroatoms. The molecule has 2 rings (SSSR count). The lowest BCUT2D eigenvalue weighted by molar-refractivity contribution is -0.123. The first-order chi connectivity index (χ1) is 11.6. The summed E-state index contributed by atoms with van der Waals surface area (Å²) in [7, 11) is 1.46. The van der Waals surface area contributed by atoms with E-state index in [2.05, 4.69) is 5.32 Å². The first-order valence-electron chi connectivity index (χ1n) is 7.35. The minimum Gasteiger partial charge on any atom is -0.493 e. The molecule has 0 aliphatic rings. The van der Waals surface area contributed by atoms with Gasteiger partial charge in [-0.2, -0.15) is 5.26 Å². The fourth-order valence-electron chi connectivity index (χ4n) is 2.09. The molecule has 2 aromatic carbocycles. The van der Waals surface area contributed by atoms with Crippen LogP contribution < -0.4 is 14.8 Å². The van der Waals surface area contributed by atoms with Crippen LogP contribution in [0.25, 0.3) is 0 Å². The lowest BCUT2D eigenvalue weighted by atomic mass is 10.1. The monoisotopic (exact) mass is 328 g/mol. The fraction of sp³-hybridized carbons (Fsp3) is 0.222. The molecule has 0 heterocycles. The summed E-state index contributed by atoms with van der Waals surface area (Å²) < 4.78 is 24.0. The summed E-state index contributed by atoms with van der Waals surface area (Å²) in [6, 6.07) is 13.1. The second-order valence-corrected chi connectivity index (χ2v) is 4.96. The number of halogens is 1. The summed E-state index contributed by atoms with van der Waals surface area (Å²) in [4.78, 5) is 11.8. The first kappa shape index (κ1) is 17.3. The van der Waals surface area contributed by atoms with Crippen molar-refractivity contribution in [2.75, 3.05) is 20.3 Å². The van der Waals surface area contributed by atoms with Gasteiger partial charge in [-0.1, -0.05) is 18.2 Å². The van der Waals surface area contributed by atoms with Gasteiger partial charge in [0.05, 0.1) is 18.7 Å². The largest absolute Gasteiger partial charge is 0.493 e. The summed E-state index contributed by atoms with van der Waals surface area (Å²) >= 11 is 0. The predicted molar refractivity (Wildman–Crippen MR) is 86.3 cm³/mol. The lowest BCUT2D eigenvalue weighted by Gasteiger charge is -2.11. The van der Waals surface area contributed by atoms with Gasteiger partial charge in [0.15, 0.2) is 18.1 Å². The minimum absolute atomic E-state index is 0.195. The fourth-order valence-corrected chi connectivity index (χ4v) is 2.09. The van der Waals surface area contributed by atoms with Crippen LogP contribution in [0.5, 0.6) is 11.5 Å². The van der Waals surface area contributed by atoms with Crippen molar-refractivity contribution >= 4 is 5.91 Å². The molecule has 1 N–H and O–H groups in total. The lowest BCUT2D eigenvalue weighted by Crippen LogP contribution is -2.30. The van der Waals surface area contributed by atoms with Crippen molar-refractivity contribution in [2.45, 2.75) is 6.42 Å². The zero-order valence-electron chi connectivity index (χ0n) is 13.2.